The number of benzene rings is 3. The Morgan fingerprint density at radius 3 is 2.44 bits per heavy atom. The molecule has 2 heteroatoms. The summed E-state index contributed by atoms with van der Waals surface area (Å²) < 4.78 is 0. The van der Waals surface area contributed by atoms with Gasteiger partial charge in [0, 0.05) is 0 Å². The van der Waals surface area contributed by atoms with Gasteiger partial charge in [-0.1, -0.05) is 81.4 Å². The first-order valence-electron chi connectivity index (χ1n) is 9.24. The lowest BCUT2D eigenvalue weighted by Crippen LogP contribution is -2.10. The minimum absolute atomic E-state index is 0.175. The zero-order chi connectivity index (χ0) is 18.9. The molecule has 27 heavy (non-hydrogen) atoms. The second-order valence-corrected chi connectivity index (χ2v) is 7.84. The Morgan fingerprint density at radius 1 is 0.926 bits per heavy atom. The van der Waals surface area contributed by atoms with E-state index in [1.807, 2.05) is 24.3 Å². The van der Waals surface area contributed by atoms with Crippen molar-refractivity contribution in [3.63, 3.8) is 0 Å². The highest BCUT2D eigenvalue weighted by molar-refractivity contribution is 5.83. The van der Waals surface area contributed by atoms with E-state index in [4.69, 9.17) is 4.98 Å². The summed E-state index contributed by atoms with van der Waals surface area (Å²) in [5.74, 6) is 0.860. The molecule has 1 aromatic heterocycles. The minimum atomic E-state index is 0.175. The molecule has 0 aliphatic carbocycles. The zero-order valence-corrected chi connectivity index (χ0v) is 16.0. The summed E-state index contributed by atoms with van der Waals surface area (Å²) in [4.78, 5) is 8.09. The van der Waals surface area contributed by atoms with Crippen molar-refractivity contribution in [2.45, 2.75) is 26.2 Å². The van der Waals surface area contributed by atoms with E-state index in [1.54, 1.807) is 0 Å². The lowest BCUT2D eigenvalue weighted by Gasteiger charge is -2.18. The molecule has 0 spiro atoms. The van der Waals surface area contributed by atoms with E-state index in [2.05, 4.69) is 86.4 Å². The van der Waals surface area contributed by atoms with Crippen LogP contribution in [-0.2, 0) is 5.41 Å². The molecular formula is C25H23N2. The van der Waals surface area contributed by atoms with E-state index in [-0.39, 0.29) is 5.41 Å². The Hall–Kier alpha value is -3.13. The van der Waals surface area contributed by atoms with Gasteiger partial charge in [-0.15, -0.1) is 0 Å². The van der Waals surface area contributed by atoms with Gasteiger partial charge in [-0.05, 0) is 51.9 Å². The number of hydrogen-bond donors (Lipinski definition) is 1. The fourth-order valence-corrected chi connectivity index (χ4v) is 3.11. The minimum Gasteiger partial charge on any atom is -0.338 e. The Labute approximate surface area is 160 Å². The maximum Gasteiger partial charge on any atom is 0.131 e. The van der Waals surface area contributed by atoms with Crippen LogP contribution in [0, 0.1) is 6.07 Å². The average molecular weight is 351 g/mol. The van der Waals surface area contributed by atoms with Crippen LogP contribution >= 0.6 is 0 Å². The normalized spacial score (nSPS) is 12.1. The highest BCUT2D eigenvalue weighted by atomic mass is 14.9. The fourth-order valence-electron chi connectivity index (χ4n) is 3.11. The van der Waals surface area contributed by atoms with Crippen LogP contribution in [0.2, 0.25) is 0 Å². The van der Waals surface area contributed by atoms with Crippen molar-refractivity contribution >= 4 is 23.2 Å². The summed E-state index contributed by atoms with van der Waals surface area (Å²) in [5.41, 5.74) is 6.90. The van der Waals surface area contributed by atoms with Crippen molar-refractivity contribution in [3.8, 4) is 11.1 Å². The number of nitrogens with zero attached hydrogens (tertiary/aromatic N) is 1. The molecule has 3 aromatic carbocycles. The molecule has 0 saturated carbocycles. The van der Waals surface area contributed by atoms with Gasteiger partial charge in [0.15, 0.2) is 0 Å². The maximum absolute atomic E-state index is 4.71. The summed E-state index contributed by atoms with van der Waals surface area (Å²) in [6.07, 6.45) is 4.12. The zero-order valence-electron chi connectivity index (χ0n) is 16.0. The summed E-state index contributed by atoms with van der Waals surface area (Å²) in [7, 11) is 0. The first-order valence-corrected chi connectivity index (χ1v) is 9.24. The van der Waals surface area contributed by atoms with Crippen LogP contribution in [0.25, 0.3) is 34.3 Å². The molecule has 1 radical (unpaired) electrons. The van der Waals surface area contributed by atoms with E-state index in [0.717, 1.165) is 28.0 Å². The van der Waals surface area contributed by atoms with E-state index >= 15 is 0 Å². The highest BCUT2D eigenvalue weighted by Crippen LogP contribution is 2.24. The molecule has 0 atom stereocenters. The molecule has 2 nitrogen and oxygen atoms in total. The Morgan fingerprint density at radius 2 is 1.74 bits per heavy atom. The average Bonchev–Trinajstić information content (AvgIpc) is 3.09. The molecule has 1 heterocycles. The second kappa shape index (κ2) is 6.88. The Balaban J connectivity index is 1.58. The maximum atomic E-state index is 4.71. The predicted octanol–water partition coefficient (Wildman–Crippen LogP) is 6.50. The molecule has 0 aliphatic heterocycles. The fraction of sp³-hybridized carbons (Fsp3) is 0.160. The molecule has 1 N–H and O–H groups in total. The molecule has 0 fully saturated rings. The third-order valence-corrected chi connectivity index (χ3v) is 4.73. The number of imidazole rings is 1. The van der Waals surface area contributed by atoms with Crippen LogP contribution in [0.3, 0.4) is 0 Å². The molecule has 4 rings (SSSR count). The van der Waals surface area contributed by atoms with Gasteiger partial charge in [0.1, 0.15) is 5.82 Å². The predicted molar refractivity (Wildman–Crippen MR) is 114 cm³/mol. The van der Waals surface area contributed by atoms with Crippen LogP contribution in [-0.4, -0.2) is 9.97 Å². The van der Waals surface area contributed by atoms with Gasteiger partial charge < -0.3 is 4.98 Å². The van der Waals surface area contributed by atoms with Gasteiger partial charge >= 0.3 is 0 Å². The summed E-state index contributed by atoms with van der Waals surface area (Å²) in [6.45, 7) is 6.69. The van der Waals surface area contributed by atoms with Crippen LogP contribution in [0.1, 0.15) is 37.7 Å². The number of hydrogen-bond acceptors (Lipinski definition) is 1. The van der Waals surface area contributed by atoms with Gasteiger partial charge in [0.25, 0.3) is 0 Å². The Bertz CT molecular complexity index is 1080. The smallest absolute Gasteiger partial charge is 0.131 e. The summed E-state index contributed by atoms with van der Waals surface area (Å²) in [6, 6.07) is 26.3. The van der Waals surface area contributed by atoms with E-state index in [1.165, 1.54) is 11.1 Å². The topological polar surface area (TPSA) is 28.7 Å². The van der Waals surface area contributed by atoms with Gasteiger partial charge in [0.2, 0.25) is 0 Å². The molecule has 133 valence electrons. The third kappa shape index (κ3) is 3.85. The SMILES string of the molecule is CC(C)(C)c1ccc(/C=C/c2nc3cc(-c4[c]cccc4)ccc3[nH]2)cc1. The highest BCUT2D eigenvalue weighted by Gasteiger charge is 2.12. The van der Waals surface area contributed by atoms with Crippen molar-refractivity contribution in [3.05, 3.63) is 89.7 Å². The molecule has 0 saturated heterocycles. The second-order valence-electron chi connectivity index (χ2n) is 7.84. The molecule has 0 amide bonds. The summed E-state index contributed by atoms with van der Waals surface area (Å²) in [5, 5.41) is 0. The van der Waals surface area contributed by atoms with Crippen LogP contribution in [0.15, 0.2) is 66.7 Å². The monoisotopic (exact) mass is 351 g/mol. The molecule has 0 aliphatic rings. The van der Waals surface area contributed by atoms with E-state index in [0.29, 0.717) is 0 Å². The van der Waals surface area contributed by atoms with Crippen molar-refractivity contribution in [2.24, 2.45) is 0 Å². The van der Waals surface area contributed by atoms with Crippen molar-refractivity contribution in [1.29, 1.82) is 0 Å². The number of H-pyrrole nitrogens is 1. The van der Waals surface area contributed by atoms with Gasteiger partial charge in [-0.3, -0.25) is 0 Å². The molecular weight excluding hydrogens is 328 g/mol. The lowest BCUT2D eigenvalue weighted by molar-refractivity contribution is 0.590. The third-order valence-electron chi connectivity index (χ3n) is 4.73. The largest absolute Gasteiger partial charge is 0.338 e. The Kier molecular flexibility index (Phi) is 4.41. The molecule has 0 bridgehead atoms. The van der Waals surface area contributed by atoms with Crippen molar-refractivity contribution < 1.29 is 0 Å². The molecule has 4 aromatic rings. The number of aromatic amines is 1. The number of aromatic nitrogens is 2. The first kappa shape index (κ1) is 17.3. The van der Waals surface area contributed by atoms with E-state index in [9.17, 15) is 0 Å². The number of nitrogens with one attached hydrogen (secondary N) is 1. The van der Waals surface area contributed by atoms with Gasteiger partial charge in [-0.2, -0.15) is 0 Å². The van der Waals surface area contributed by atoms with Crippen LogP contribution in [0.4, 0.5) is 0 Å². The number of fused-ring (bicyclic) bond motifs is 1. The number of rotatable bonds is 3. The first-order chi connectivity index (χ1) is 13.0. The van der Waals surface area contributed by atoms with Crippen molar-refractivity contribution in [1.82, 2.24) is 9.97 Å². The van der Waals surface area contributed by atoms with Crippen LogP contribution in [0.5, 0.6) is 0 Å². The summed E-state index contributed by atoms with van der Waals surface area (Å²) >= 11 is 0. The quantitative estimate of drug-likeness (QED) is 0.448. The van der Waals surface area contributed by atoms with Crippen LogP contribution < -0.4 is 0 Å². The lowest BCUT2D eigenvalue weighted by atomic mass is 9.87. The van der Waals surface area contributed by atoms with Gasteiger partial charge in [0.05, 0.1) is 11.0 Å². The van der Waals surface area contributed by atoms with E-state index < -0.39 is 0 Å². The van der Waals surface area contributed by atoms with Gasteiger partial charge in [-0.25, -0.2) is 4.98 Å². The van der Waals surface area contributed by atoms with Crippen molar-refractivity contribution in [2.75, 3.05) is 0 Å². The standard InChI is InChI=1S/C25H23N2/c1-25(2,3)21-13-9-18(10-14-21)11-16-24-26-22-15-12-20(17-23(22)27-24)19-7-5-4-6-8-19/h4-7,9-17H,1-3H3,(H,26,27)/b16-11+. The molecule has 0 unspecified atom stereocenters.